The second-order valence-electron chi connectivity index (χ2n) is 3.68. The number of benzene rings is 2. The van der Waals surface area contributed by atoms with Gasteiger partial charge in [0, 0.05) is 0 Å². The first-order valence-corrected chi connectivity index (χ1v) is 5.18. The fourth-order valence-electron chi connectivity index (χ4n) is 1.72. The molecule has 0 aromatic heterocycles. The van der Waals surface area contributed by atoms with Crippen LogP contribution in [0.2, 0.25) is 0 Å². The van der Waals surface area contributed by atoms with E-state index in [1.807, 2.05) is 30.3 Å². The van der Waals surface area contributed by atoms with Crippen molar-refractivity contribution in [1.29, 1.82) is 0 Å². The lowest BCUT2D eigenvalue weighted by atomic mass is 9.99. The van der Waals surface area contributed by atoms with E-state index in [2.05, 4.69) is 5.43 Å². The van der Waals surface area contributed by atoms with E-state index < -0.39 is 11.6 Å². The van der Waals surface area contributed by atoms with Gasteiger partial charge >= 0.3 is 0 Å². The largest absolute Gasteiger partial charge is 0.271 e. The molecule has 0 heterocycles. The highest BCUT2D eigenvalue weighted by atomic mass is 19.2. The van der Waals surface area contributed by atoms with Crippen molar-refractivity contribution >= 4 is 0 Å². The lowest BCUT2D eigenvalue weighted by Crippen LogP contribution is -2.28. The molecule has 0 aliphatic rings. The van der Waals surface area contributed by atoms with Crippen molar-refractivity contribution < 1.29 is 8.78 Å². The summed E-state index contributed by atoms with van der Waals surface area (Å²) in [7, 11) is 0. The van der Waals surface area contributed by atoms with Crippen LogP contribution in [0.1, 0.15) is 17.2 Å². The van der Waals surface area contributed by atoms with Gasteiger partial charge in [-0.15, -0.1) is 0 Å². The van der Waals surface area contributed by atoms with E-state index >= 15 is 0 Å². The first-order chi connectivity index (χ1) is 8.22. The minimum Gasteiger partial charge on any atom is -0.271 e. The van der Waals surface area contributed by atoms with Crippen LogP contribution in [-0.2, 0) is 0 Å². The highest BCUT2D eigenvalue weighted by Crippen LogP contribution is 2.22. The molecule has 4 heteroatoms. The Morgan fingerprint density at radius 1 is 0.882 bits per heavy atom. The standard InChI is InChI=1S/C13H12F2N2/c14-11-7-6-10(8-12(11)15)13(17-16)9-4-2-1-3-5-9/h1-8,13,17H,16H2/t13-/m1/s1. The SMILES string of the molecule is NN[C@H](c1ccccc1)c1ccc(F)c(F)c1. The maximum atomic E-state index is 13.1. The fourth-order valence-corrected chi connectivity index (χ4v) is 1.72. The van der Waals surface area contributed by atoms with Gasteiger partial charge in [0.15, 0.2) is 11.6 Å². The molecule has 2 aromatic rings. The van der Waals surface area contributed by atoms with Crippen molar-refractivity contribution in [3.63, 3.8) is 0 Å². The number of hydrogen-bond acceptors (Lipinski definition) is 2. The molecule has 17 heavy (non-hydrogen) atoms. The zero-order chi connectivity index (χ0) is 12.3. The second kappa shape index (κ2) is 5.03. The van der Waals surface area contributed by atoms with E-state index in [1.54, 1.807) is 0 Å². The van der Waals surface area contributed by atoms with Crippen LogP contribution in [0.25, 0.3) is 0 Å². The van der Waals surface area contributed by atoms with Crippen molar-refractivity contribution in [1.82, 2.24) is 5.43 Å². The Morgan fingerprint density at radius 2 is 1.59 bits per heavy atom. The molecule has 2 aromatic carbocycles. The predicted octanol–water partition coefficient (Wildman–Crippen LogP) is 2.52. The third-order valence-corrected chi connectivity index (χ3v) is 2.58. The number of nitrogens with one attached hydrogen (secondary N) is 1. The van der Waals surface area contributed by atoms with Crippen LogP contribution in [0.4, 0.5) is 8.78 Å². The van der Waals surface area contributed by atoms with Gasteiger partial charge in [0.25, 0.3) is 0 Å². The molecule has 1 atom stereocenters. The molecule has 3 N–H and O–H groups in total. The normalized spacial score (nSPS) is 12.4. The summed E-state index contributed by atoms with van der Waals surface area (Å²) in [5.74, 6) is 3.72. The molecule has 0 fully saturated rings. The van der Waals surface area contributed by atoms with E-state index in [1.165, 1.54) is 6.07 Å². The van der Waals surface area contributed by atoms with Crippen LogP contribution in [0, 0.1) is 11.6 Å². The molecule has 0 aliphatic heterocycles. The molecule has 0 radical (unpaired) electrons. The van der Waals surface area contributed by atoms with Crippen molar-refractivity contribution in [2.45, 2.75) is 6.04 Å². The van der Waals surface area contributed by atoms with Crippen LogP contribution in [0.3, 0.4) is 0 Å². The first kappa shape index (κ1) is 11.7. The molecule has 0 amide bonds. The summed E-state index contributed by atoms with van der Waals surface area (Å²) in [5.41, 5.74) is 4.06. The fraction of sp³-hybridized carbons (Fsp3) is 0.0769. The summed E-state index contributed by atoms with van der Waals surface area (Å²) in [6, 6.07) is 12.7. The van der Waals surface area contributed by atoms with Gasteiger partial charge < -0.3 is 0 Å². The Morgan fingerprint density at radius 3 is 2.18 bits per heavy atom. The molecular weight excluding hydrogens is 222 g/mol. The van der Waals surface area contributed by atoms with Gasteiger partial charge in [0.1, 0.15) is 0 Å². The van der Waals surface area contributed by atoms with Gasteiger partial charge in [-0.25, -0.2) is 14.2 Å². The minimum absolute atomic E-state index is 0.355. The summed E-state index contributed by atoms with van der Waals surface area (Å²) < 4.78 is 26.0. The highest BCUT2D eigenvalue weighted by molar-refractivity contribution is 5.32. The van der Waals surface area contributed by atoms with E-state index in [0.717, 1.165) is 17.7 Å². The van der Waals surface area contributed by atoms with Crippen LogP contribution >= 0.6 is 0 Å². The van der Waals surface area contributed by atoms with Crippen LogP contribution in [0.15, 0.2) is 48.5 Å². The smallest absolute Gasteiger partial charge is 0.159 e. The summed E-state index contributed by atoms with van der Waals surface area (Å²) in [5, 5.41) is 0. The summed E-state index contributed by atoms with van der Waals surface area (Å²) in [6.07, 6.45) is 0. The van der Waals surface area contributed by atoms with Crippen molar-refractivity contribution in [3.8, 4) is 0 Å². The molecule has 0 spiro atoms. The first-order valence-electron chi connectivity index (χ1n) is 5.18. The third-order valence-electron chi connectivity index (χ3n) is 2.58. The van der Waals surface area contributed by atoms with Crippen LogP contribution < -0.4 is 11.3 Å². The van der Waals surface area contributed by atoms with Gasteiger partial charge in [0.05, 0.1) is 6.04 Å². The van der Waals surface area contributed by atoms with Gasteiger partial charge in [-0.05, 0) is 23.3 Å². The van der Waals surface area contributed by atoms with Gasteiger partial charge in [0.2, 0.25) is 0 Å². The quantitative estimate of drug-likeness (QED) is 0.632. The Kier molecular flexibility index (Phi) is 3.46. The van der Waals surface area contributed by atoms with Crippen LogP contribution in [0.5, 0.6) is 0 Å². The second-order valence-corrected chi connectivity index (χ2v) is 3.68. The summed E-state index contributed by atoms with van der Waals surface area (Å²) in [6.45, 7) is 0. The zero-order valence-corrected chi connectivity index (χ0v) is 9.03. The molecule has 2 rings (SSSR count). The molecule has 0 bridgehead atoms. The Bertz CT molecular complexity index is 500. The molecule has 0 saturated carbocycles. The molecule has 0 unspecified atom stereocenters. The third kappa shape index (κ3) is 2.49. The number of hydrogen-bond donors (Lipinski definition) is 2. The monoisotopic (exact) mass is 234 g/mol. The van der Waals surface area contributed by atoms with Crippen LogP contribution in [-0.4, -0.2) is 0 Å². The molecule has 88 valence electrons. The minimum atomic E-state index is -0.876. The molecule has 2 nitrogen and oxygen atoms in total. The number of nitrogens with two attached hydrogens (primary N) is 1. The van der Waals surface area contributed by atoms with Crippen molar-refractivity contribution in [2.75, 3.05) is 0 Å². The van der Waals surface area contributed by atoms with Gasteiger partial charge in [-0.3, -0.25) is 5.84 Å². The maximum Gasteiger partial charge on any atom is 0.159 e. The number of halogens is 2. The molecule has 0 saturated heterocycles. The molecule has 0 aliphatic carbocycles. The zero-order valence-electron chi connectivity index (χ0n) is 9.03. The maximum absolute atomic E-state index is 13.1. The average molecular weight is 234 g/mol. The number of rotatable bonds is 3. The van der Waals surface area contributed by atoms with Gasteiger partial charge in [-0.1, -0.05) is 36.4 Å². The van der Waals surface area contributed by atoms with Crippen molar-refractivity contribution in [3.05, 3.63) is 71.3 Å². The highest BCUT2D eigenvalue weighted by Gasteiger charge is 2.13. The van der Waals surface area contributed by atoms with E-state index in [9.17, 15) is 8.78 Å². The Labute approximate surface area is 98.0 Å². The summed E-state index contributed by atoms with van der Waals surface area (Å²) >= 11 is 0. The average Bonchev–Trinajstić information content (AvgIpc) is 2.36. The molecular formula is C13H12F2N2. The van der Waals surface area contributed by atoms with E-state index in [-0.39, 0.29) is 6.04 Å². The Hall–Kier alpha value is -1.78. The van der Waals surface area contributed by atoms with Gasteiger partial charge in [-0.2, -0.15) is 0 Å². The van der Waals surface area contributed by atoms with E-state index in [4.69, 9.17) is 5.84 Å². The Balaban J connectivity index is 2.39. The number of hydrazine groups is 1. The topological polar surface area (TPSA) is 38.0 Å². The predicted molar refractivity (Wildman–Crippen MR) is 62.0 cm³/mol. The van der Waals surface area contributed by atoms with Crippen molar-refractivity contribution in [2.24, 2.45) is 5.84 Å². The summed E-state index contributed by atoms with van der Waals surface area (Å²) in [4.78, 5) is 0. The lowest BCUT2D eigenvalue weighted by molar-refractivity contribution is 0.504. The van der Waals surface area contributed by atoms with E-state index in [0.29, 0.717) is 5.56 Å². The lowest BCUT2D eigenvalue weighted by Gasteiger charge is -2.16.